The first-order chi connectivity index (χ1) is 11.3. The molecule has 0 aliphatic heterocycles. The highest BCUT2D eigenvalue weighted by atomic mass is 32.2. The van der Waals surface area contributed by atoms with E-state index in [1.54, 1.807) is 6.07 Å². The van der Waals surface area contributed by atoms with Crippen molar-refractivity contribution in [2.24, 2.45) is 0 Å². The third-order valence-electron chi connectivity index (χ3n) is 2.90. The fourth-order valence-corrected chi connectivity index (χ4v) is 2.78. The van der Waals surface area contributed by atoms with Gasteiger partial charge in [0.1, 0.15) is 10.0 Å². The Morgan fingerprint density at radius 3 is 2.25 bits per heavy atom. The van der Waals surface area contributed by atoms with Crippen molar-refractivity contribution in [2.75, 3.05) is 0 Å². The van der Waals surface area contributed by atoms with Crippen LogP contribution in [0.1, 0.15) is 15.9 Å². The maximum atomic E-state index is 12.2. The molecule has 0 unspecified atom stereocenters. The van der Waals surface area contributed by atoms with Gasteiger partial charge in [-0.1, -0.05) is 42.5 Å². The summed E-state index contributed by atoms with van der Waals surface area (Å²) in [6, 6.07) is 10.3. The number of sulfonamides is 1. The molecule has 2 aromatic rings. The van der Waals surface area contributed by atoms with Gasteiger partial charge >= 0.3 is 0 Å². The van der Waals surface area contributed by atoms with Crippen LogP contribution in [0.3, 0.4) is 0 Å². The predicted molar refractivity (Wildman–Crippen MR) is 81.5 cm³/mol. The second kappa shape index (κ2) is 6.97. The summed E-state index contributed by atoms with van der Waals surface area (Å²) in [5, 5.41) is 21.0. The van der Waals surface area contributed by atoms with E-state index in [0.29, 0.717) is 5.56 Å². The number of carboxylic acids is 2. The number of nitrogens with zero attached hydrogens (tertiary/aromatic N) is 1. The summed E-state index contributed by atoms with van der Waals surface area (Å²) in [7, 11) is -4.04. The summed E-state index contributed by atoms with van der Waals surface area (Å²) >= 11 is 0. The van der Waals surface area contributed by atoms with Gasteiger partial charge in [-0.05, 0) is 29.3 Å². The number of hydrogen-bond acceptors (Lipinski definition) is 6. The topological polar surface area (TPSA) is 128 Å². The van der Waals surface area contributed by atoms with E-state index in [0.717, 1.165) is 30.3 Å². The second-order valence-corrected chi connectivity index (χ2v) is 6.23. The summed E-state index contributed by atoms with van der Waals surface area (Å²) in [6.07, 6.45) is 2.06. The number of carbonyl (C=O) groups excluding carboxylic acids is 2. The molecule has 2 rings (SSSR count). The van der Waals surface area contributed by atoms with E-state index >= 15 is 0 Å². The Labute approximate surface area is 137 Å². The van der Waals surface area contributed by atoms with Gasteiger partial charge in [-0.15, -0.1) is 5.69 Å². The number of aromatic carboxylic acids is 1. The van der Waals surface area contributed by atoms with Gasteiger partial charge in [0.05, 0.1) is 16.8 Å². The fraction of sp³-hybridized carbons (Fsp3) is 0. The summed E-state index contributed by atoms with van der Waals surface area (Å²) in [6.45, 7) is 0. The molecule has 24 heavy (non-hydrogen) atoms. The lowest BCUT2D eigenvalue weighted by molar-refractivity contribution is -0.297. The molecule has 0 aromatic heterocycles. The van der Waals surface area contributed by atoms with Crippen molar-refractivity contribution >= 4 is 33.7 Å². The Bertz CT molecular complexity index is 900. The van der Waals surface area contributed by atoms with Crippen LogP contribution in [-0.4, -0.2) is 20.4 Å². The summed E-state index contributed by atoms with van der Waals surface area (Å²) in [5.41, 5.74) is 0.380. The van der Waals surface area contributed by atoms with E-state index in [-0.39, 0.29) is 16.1 Å². The quantitative estimate of drug-likeness (QED) is 0.689. The molecule has 0 N–H and O–H groups in total. The zero-order valence-corrected chi connectivity index (χ0v) is 12.9. The fourth-order valence-electron chi connectivity index (χ4n) is 1.80. The molecule has 0 amide bonds. The van der Waals surface area contributed by atoms with Gasteiger partial charge in [0.15, 0.2) is 0 Å². The molecule has 0 atom stereocenters. The van der Waals surface area contributed by atoms with Crippen LogP contribution in [0, 0.1) is 0 Å². The molecule has 2 aromatic carbocycles. The first-order valence-corrected chi connectivity index (χ1v) is 8.00. The van der Waals surface area contributed by atoms with E-state index in [1.807, 2.05) is 0 Å². The van der Waals surface area contributed by atoms with Crippen molar-refractivity contribution in [3.63, 3.8) is 0 Å². The molecular weight excluding hydrogens is 334 g/mol. The third kappa shape index (κ3) is 4.43. The van der Waals surface area contributed by atoms with Crippen LogP contribution in [-0.2, 0) is 14.8 Å². The van der Waals surface area contributed by atoms with Gasteiger partial charge in [0, 0.05) is 0 Å². The van der Waals surface area contributed by atoms with Gasteiger partial charge in [-0.3, -0.25) is 0 Å². The number of aliphatic carboxylic acids is 1. The third-order valence-corrected chi connectivity index (χ3v) is 4.21. The molecule has 0 radical (unpaired) electrons. The summed E-state index contributed by atoms with van der Waals surface area (Å²) in [4.78, 5) is 20.9. The Morgan fingerprint density at radius 1 is 1.00 bits per heavy atom. The van der Waals surface area contributed by atoms with Gasteiger partial charge in [0.2, 0.25) is 0 Å². The van der Waals surface area contributed by atoms with Crippen molar-refractivity contribution in [1.82, 2.24) is 0 Å². The van der Waals surface area contributed by atoms with Crippen molar-refractivity contribution in [2.45, 2.75) is 4.90 Å². The molecule has 0 aliphatic rings. The predicted octanol–water partition coefficient (Wildman–Crippen LogP) is 0.207. The Morgan fingerprint density at radius 2 is 1.67 bits per heavy atom. The minimum atomic E-state index is -4.04. The lowest BCUT2D eigenvalue weighted by atomic mass is 10.2. The van der Waals surface area contributed by atoms with Crippen LogP contribution in [0.2, 0.25) is 0 Å². The zero-order valence-electron chi connectivity index (χ0n) is 12.1. The first-order valence-electron chi connectivity index (χ1n) is 6.56. The maximum absolute atomic E-state index is 12.2. The summed E-state index contributed by atoms with van der Waals surface area (Å²) in [5.74, 6) is -2.79. The van der Waals surface area contributed by atoms with E-state index in [4.69, 9.17) is 0 Å². The van der Waals surface area contributed by atoms with Crippen LogP contribution in [0.15, 0.2) is 59.5 Å². The smallest absolute Gasteiger partial charge is 0.123 e. The van der Waals surface area contributed by atoms with Crippen LogP contribution >= 0.6 is 0 Å². The molecule has 124 valence electrons. The van der Waals surface area contributed by atoms with Gasteiger partial charge in [0.25, 0.3) is 0 Å². The van der Waals surface area contributed by atoms with Crippen molar-refractivity contribution in [3.05, 3.63) is 70.5 Å². The molecule has 0 fully saturated rings. The number of benzene rings is 2. The SMILES string of the molecule is O=C([O-])C=Cc1cccc([N-]S(=O)(=O)c2ccc(C(=O)[O-])cc2)c1. The highest BCUT2D eigenvalue weighted by Crippen LogP contribution is 2.28. The Balaban J connectivity index is 2.24. The molecule has 0 aliphatic carbocycles. The van der Waals surface area contributed by atoms with Crippen LogP contribution < -0.4 is 10.2 Å². The van der Waals surface area contributed by atoms with Crippen molar-refractivity contribution < 1.29 is 28.2 Å². The zero-order chi connectivity index (χ0) is 17.7. The monoisotopic (exact) mass is 344 g/mol. The second-order valence-electron chi connectivity index (χ2n) is 4.63. The van der Waals surface area contributed by atoms with Gasteiger partial charge in [-0.25, -0.2) is 8.42 Å². The van der Waals surface area contributed by atoms with E-state index in [1.165, 1.54) is 24.3 Å². The lowest BCUT2D eigenvalue weighted by Gasteiger charge is -2.22. The average Bonchev–Trinajstić information content (AvgIpc) is 2.53. The molecule has 0 spiro atoms. The Kier molecular flexibility index (Phi) is 5.00. The van der Waals surface area contributed by atoms with E-state index < -0.39 is 22.0 Å². The number of rotatable bonds is 6. The lowest BCUT2D eigenvalue weighted by Crippen LogP contribution is -2.22. The van der Waals surface area contributed by atoms with Crippen LogP contribution in [0.25, 0.3) is 10.8 Å². The minimum Gasteiger partial charge on any atom is -0.573 e. The molecule has 0 heterocycles. The molecule has 7 nitrogen and oxygen atoms in total. The molecule has 0 bridgehead atoms. The standard InChI is InChI=1S/C16H12NO6S/c18-15(19)9-4-11-2-1-3-13(10-11)17-24(22,23)14-7-5-12(6-8-14)16(20)21/h1-10H,(H,18,19)(H,20,21)/q-1/p-2. The Hall–Kier alpha value is -3.13. The van der Waals surface area contributed by atoms with Crippen molar-refractivity contribution in [3.8, 4) is 0 Å². The number of carboxylic acid groups (broad SMARTS) is 2. The van der Waals surface area contributed by atoms with Crippen LogP contribution in [0.4, 0.5) is 5.69 Å². The summed E-state index contributed by atoms with van der Waals surface area (Å²) < 4.78 is 28.1. The van der Waals surface area contributed by atoms with Crippen LogP contribution in [0.5, 0.6) is 0 Å². The normalized spacial score (nSPS) is 11.3. The molecule has 0 saturated carbocycles. The highest BCUT2D eigenvalue weighted by molar-refractivity contribution is 7.94. The van der Waals surface area contributed by atoms with E-state index in [9.17, 15) is 28.2 Å². The molecular formula is C16H10NO6S-3. The maximum Gasteiger partial charge on any atom is 0.123 e. The number of hydrogen-bond donors (Lipinski definition) is 0. The van der Waals surface area contributed by atoms with Gasteiger partial charge < -0.3 is 24.5 Å². The van der Waals surface area contributed by atoms with Gasteiger partial charge in [-0.2, -0.15) is 0 Å². The molecule has 0 saturated heterocycles. The molecule has 8 heteroatoms. The average molecular weight is 344 g/mol. The highest BCUT2D eigenvalue weighted by Gasteiger charge is 2.05. The first kappa shape index (κ1) is 17.2. The number of carbonyl (C=O) groups is 2. The largest absolute Gasteiger partial charge is 0.573 e. The minimum absolute atomic E-state index is 0.0967. The van der Waals surface area contributed by atoms with Crippen molar-refractivity contribution in [1.29, 1.82) is 0 Å². The van der Waals surface area contributed by atoms with E-state index in [2.05, 4.69) is 4.72 Å².